The van der Waals surface area contributed by atoms with Gasteiger partial charge in [-0.2, -0.15) is 0 Å². The molecular formula is C17H21N3OS. The molecule has 2 aromatic rings. The SMILES string of the molecule is Cc1nc(-c2ccccn2)sc1C(=O)N(CC(C)C)C1CC1. The topological polar surface area (TPSA) is 46.1 Å². The summed E-state index contributed by atoms with van der Waals surface area (Å²) >= 11 is 1.46. The van der Waals surface area contributed by atoms with Crippen LogP contribution in [0.1, 0.15) is 42.1 Å². The first kappa shape index (κ1) is 15.2. The maximum Gasteiger partial charge on any atom is 0.266 e. The number of aryl methyl sites for hydroxylation is 1. The minimum absolute atomic E-state index is 0.133. The minimum atomic E-state index is 0.133. The van der Waals surface area contributed by atoms with Gasteiger partial charge >= 0.3 is 0 Å². The Morgan fingerprint density at radius 3 is 2.77 bits per heavy atom. The van der Waals surface area contributed by atoms with E-state index in [-0.39, 0.29) is 5.91 Å². The van der Waals surface area contributed by atoms with Crippen LogP contribution in [-0.4, -0.2) is 33.4 Å². The van der Waals surface area contributed by atoms with Crippen molar-refractivity contribution in [2.75, 3.05) is 6.54 Å². The van der Waals surface area contributed by atoms with Gasteiger partial charge in [-0.15, -0.1) is 11.3 Å². The predicted octanol–water partition coefficient (Wildman–Crippen LogP) is 3.77. The smallest absolute Gasteiger partial charge is 0.266 e. The van der Waals surface area contributed by atoms with Gasteiger partial charge in [0, 0.05) is 18.8 Å². The summed E-state index contributed by atoms with van der Waals surface area (Å²) in [4.78, 5) is 24.6. The molecule has 1 saturated carbocycles. The number of carbonyl (C=O) groups excluding carboxylic acids is 1. The molecule has 0 spiro atoms. The van der Waals surface area contributed by atoms with Crippen LogP contribution in [-0.2, 0) is 0 Å². The number of amides is 1. The molecule has 0 bridgehead atoms. The highest BCUT2D eigenvalue weighted by Gasteiger charge is 2.34. The van der Waals surface area contributed by atoms with Gasteiger partial charge in [0.2, 0.25) is 0 Å². The first-order chi connectivity index (χ1) is 10.6. The molecule has 1 fully saturated rings. The van der Waals surface area contributed by atoms with Gasteiger partial charge in [-0.3, -0.25) is 9.78 Å². The third kappa shape index (κ3) is 3.19. The van der Waals surface area contributed by atoms with Crippen LogP contribution in [0.5, 0.6) is 0 Å². The van der Waals surface area contributed by atoms with E-state index in [1.165, 1.54) is 11.3 Å². The predicted molar refractivity (Wildman–Crippen MR) is 89.0 cm³/mol. The molecule has 116 valence electrons. The van der Waals surface area contributed by atoms with Gasteiger partial charge < -0.3 is 4.90 Å². The molecule has 0 unspecified atom stereocenters. The molecule has 0 aliphatic heterocycles. The van der Waals surface area contributed by atoms with E-state index in [0.29, 0.717) is 12.0 Å². The Morgan fingerprint density at radius 2 is 2.18 bits per heavy atom. The average Bonchev–Trinajstić information content (AvgIpc) is 3.27. The lowest BCUT2D eigenvalue weighted by Crippen LogP contribution is -2.36. The van der Waals surface area contributed by atoms with Gasteiger partial charge in [0.15, 0.2) is 0 Å². The summed E-state index contributed by atoms with van der Waals surface area (Å²) in [6.45, 7) is 7.04. The molecule has 0 atom stereocenters. The fourth-order valence-corrected chi connectivity index (χ4v) is 3.50. The maximum absolute atomic E-state index is 12.9. The van der Waals surface area contributed by atoms with Crippen molar-refractivity contribution in [1.29, 1.82) is 0 Å². The van der Waals surface area contributed by atoms with Crippen LogP contribution in [0.4, 0.5) is 0 Å². The zero-order valence-electron chi connectivity index (χ0n) is 13.2. The van der Waals surface area contributed by atoms with Crippen LogP contribution < -0.4 is 0 Å². The fourth-order valence-electron chi connectivity index (χ4n) is 2.50. The Kier molecular flexibility index (Phi) is 4.25. The third-order valence-electron chi connectivity index (χ3n) is 3.69. The minimum Gasteiger partial charge on any atom is -0.335 e. The van der Waals surface area contributed by atoms with E-state index < -0.39 is 0 Å². The summed E-state index contributed by atoms with van der Waals surface area (Å²) in [6.07, 6.45) is 4.01. The second-order valence-corrected chi connectivity index (χ2v) is 7.23. The molecule has 4 nitrogen and oxygen atoms in total. The van der Waals surface area contributed by atoms with Crippen molar-refractivity contribution in [2.24, 2.45) is 5.92 Å². The summed E-state index contributed by atoms with van der Waals surface area (Å²) in [5.41, 5.74) is 1.64. The van der Waals surface area contributed by atoms with Crippen molar-refractivity contribution >= 4 is 17.2 Å². The Morgan fingerprint density at radius 1 is 1.41 bits per heavy atom. The van der Waals surface area contributed by atoms with Crippen molar-refractivity contribution in [3.63, 3.8) is 0 Å². The molecule has 1 aliphatic rings. The van der Waals surface area contributed by atoms with Gasteiger partial charge in [0.25, 0.3) is 5.91 Å². The average molecular weight is 315 g/mol. The highest BCUT2D eigenvalue weighted by atomic mass is 32.1. The molecule has 1 amide bonds. The Hall–Kier alpha value is -1.75. The number of aromatic nitrogens is 2. The molecular weight excluding hydrogens is 294 g/mol. The van der Waals surface area contributed by atoms with Gasteiger partial charge in [-0.05, 0) is 37.8 Å². The summed E-state index contributed by atoms with van der Waals surface area (Å²) < 4.78 is 0. The number of hydrogen-bond donors (Lipinski definition) is 0. The zero-order chi connectivity index (χ0) is 15.7. The number of thiazole rings is 1. The van der Waals surface area contributed by atoms with Crippen molar-refractivity contribution in [3.05, 3.63) is 35.0 Å². The highest BCUT2D eigenvalue weighted by Crippen LogP contribution is 2.32. The van der Waals surface area contributed by atoms with E-state index in [2.05, 4.69) is 23.8 Å². The second-order valence-electron chi connectivity index (χ2n) is 6.23. The lowest BCUT2D eigenvalue weighted by atomic mass is 10.2. The largest absolute Gasteiger partial charge is 0.335 e. The van der Waals surface area contributed by atoms with Crippen LogP contribution in [0.25, 0.3) is 10.7 Å². The lowest BCUT2D eigenvalue weighted by molar-refractivity contribution is 0.0726. The highest BCUT2D eigenvalue weighted by molar-refractivity contribution is 7.17. The molecule has 22 heavy (non-hydrogen) atoms. The van der Waals surface area contributed by atoms with E-state index in [9.17, 15) is 4.79 Å². The van der Waals surface area contributed by atoms with Gasteiger partial charge in [-0.1, -0.05) is 19.9 Å². The second kappa shape index (κ2) is 6.16. The van der Waals surface area contributed by atoms with Crippen molar-refractivity contribution in [2.45, 2.75) is 39.7 Å². The molecule has 3 rings (SSSR count). The molecule has 0 N–H and O–H groups in total. The van der Waals surface area contributed by atoms with Crippen LogP contribution in [0.3, 0.4) is 0 Å². The monoisotopic (exact) mass is 315 g/mol. The number of hydrogen-bond acceptors (Lipinski definition) is 4. The Labute approximate surface area is 135 Å². The fraction of sp³-hybridized carbons (Fsp3) is 0.471. The molecule has 2 aromatic heterocycles. The van der Waals surface area contributed by atoms with Crippen molar-refractivity contribution in [3.8, 4) is 10.7 Å². The number of nitrogens with zero attached hydrogens (tertiary/aromatic N) is 3. The van der Waals surface area contributed by atoms with Crippen molar-refractivity contribution in [1.82, 2.24) is 14.9 Å². The molecule has 0 aromatic carbocycles. The zero-order valence-corrected chi connectivity index (χ0v) is 14.1. The number of pyridine rings is 1. The molecule has 1 aliphatic carbocycles. The third-order valence-corrected chi connectivity index (χ3v) is 4.85. The van der Waals surface area contributed by atoms with Crippen molar-refractivity contribution < 1.29 is 4.79 Å². The molecule has 2 heterocycles. The Balaban J connectivity index is 1.87. The number of carbonyl (C=O) groups is 1. The van der Waals surface area contributed by atoms with E-state index in [4.69, 9.17) is 0 Å². The van der Waals surface area contributed by atoms with Crippen LogP contribution in [0.2, 0.25) is 0 Å². The van der Waals surface area contributed by atoms with Gasteiger partial charge in [0.1, 0.15) is 9.88 Å². The van der Waals surface area contributed by atoms with E-state index >= 15 is 0 Å². The molecule has 0 saturated heterocycles. The van der Waals surface area contributed by atoms with Crippen LogP contribution >= 0.6 is 11.3 Å². The first-order valence-electron chi connectivity index (χ1n) is 7.76. The quantitative estimate of drug-likeness (QED) is 0.843. The molecule has 0 radical (unpaired) electrons. The van der Waals surface area contributed by atoms with Gasteiger partial charge in [-0.25, -0.2) is 4.98 Å². The van der Waals surface area contributed by atoms with E-state index in [0.717, 1.165) is 40.7 Å². The standard InChI is InChI=1S/C17H21N3OS/c1-11(2)10-20(13-7-8-13)17(21)15-12(3)19-16(22-15)14-6-4-5-9-18-14/h4-6,9,11,13H,7-8,10H2,1-3H3. The Bertz CT molecular complexity index is 662. The summed E-state index contributed by atoms with van der Waals surface area (Å²) in [5, 5.41) is 0.821. The summed E-state index contributed by atoms with van der Waals surface area (Å²) in [6, 6.07) is 6.18. The summed E-state index contributed by atoms with van der Waals surface area (Å²) in [5.74, 6) is 0.612. The summed E-state index contributed by atoms with van der Waals surface area (Å²) in [7, 11) is 0. The first-order valence-corrected chi connectivity index (χ1v) is 8.57. The molecule has 5 heteroatoms. The van der Waals surface area contributed by atoms with Gasteiger partial charge in [0.05, 0.1) is 11.4 Å². The maximum atomic E-state index is 12.9. The lowest BCUT2D eigenvalue weighted by Gasteiger charge is -2.24. The van der Waals surface area contributed by atoms with E-state index in [1.807, 2.05) is 30.0 Å². The number of rotatable bonds is 5. The van der Waals surface area contributed by atoms with E-state index in [1.54, 1.807) is 6.20 Å². The normalized spacial score (nSPS) is 14.4. The van der Waals surface area contributed by atoms with Crippen LogP contribution in [0, 0.1) is 12.8 Å². The van der Waals surface area contributed by atoms with Crippen LogP contribution in [0.15, 0.2) is 24.4 Å².